The van der Waals surface area contributed by atoms with Gasteiger partial charge < -0.3 is 4.40 Å². The van der Waals surface area contributed by atoms with Crippen LogP contribution < -0.4 is 5.19 Å². The third kappa shape index (κ3) is 3.09. The molecule has 3 aromatic heterocycles. The molecule has 0 aliphatic carbocycles. The summed E-state index contributed by atoms with van der Waals surface area (Å²) in [6, 6.07) is 18.9. The molecule has 0 spiro atoms. The summed E-state index contributed by atoms with van der Waals surface area (Å²) in [5, 5.41) is 8.04. The Morgan fingerprint density at radius 1 is 0.848 bits per heavy atom. The largest absolute Gasteiger partial charge is 0.308 e. The van der Waals surface area contributed by atoms with Gasteiger partial charge in [-0.15, -0.1) is 0 Å². The average Bonchev–Trinajstić information content (AvgIpc) is 3.03. The Bertz CT molecular complexity index is 1710. The average molecular weight is 449 g/mol. The first-order valence-electron chi connectivity index (χ1n) is 12.0. The number of nitrogens with zero attached hydrogens (tertiary/aromatic N) is 2. The van der Waals surface area contributed by atoms with E-state index in [0.717, 1.165) is 11.9 Å². The van der Waals surface area contributed by atoms with E-state index in [2.05, 4.69) is 100 Å². The van der Waals surface area contributed by atoms with Gasteiger partial charge in [0.2, 0.25) is 0 Å². The number of fused-ring (bicyclic) bond motifs is 5. The normalized spacial score (nSPS) is 13.4. The summed E-state index contributed by atoms with van der Waals surface area (Å²) in [7, 11) is -1.50. The van der Waals surface area contributed by atoms with Gasteiger partial charge in [-0.3, -0.25) is 4.98 Å². The zero-order chi connectivity index (χ0) is 23.3. The summed E-state index contributed by atoms with van der Waals surface area (Å²) in [6.45, 7) is 16.5. The van der Waals surface area contributed by atoms with Crippen molar-refractivity contribution in [3.63, 3.8) is 0 Å². The van der Waals surface area contributed by atoms with Crippen LogP contribution in [0.1, 0.15) is 31.9 Å². The Kier molecular flexibility index (Phi) is 4.12. The number of rotatable bonds is 2. The molecular weight excluding hydrogens is 416 g/mol. The minimum absolute atomic E-state index is 0.255. The quantitative estimate of drug-likeness (QED) is 0.150. The van der Waals surface area contributed by atoms with Crippen molar-refractivity contribution >= 4 is 62.3 Å². The molecule has 33 heavy (non-hydrogen) atoms. The molecule has 0 N–H and O–H groups in total. The molecule has 0 aliphatic rings. The third-order valence-corrected chi connectivity index (χ3v) is 9.03. The van der Waals surface area contributed by atoms with Gasteiger partial charge in [-0.05, 0) is 65.6 Å². The Hall–Kier alpha value is -2.91. The van der Waals surface area contributed by atoms with Crippen LogP contribution in [0.4, 0.5) is 0 Å². The highest BCUT2D eigenvalue weighted by molar-refractivity contribution is 6.89. The minimum Gasteiger partial charge on any atom is -0.308 e. The number of hydrogen-bond acceptors (Lipinski definition) is 1. The van der Waals surface area contributed by atoms with Gasteiger partial charge in [-0.1, -0.05) is 63.8 Å². The molecule has 3 heterocycles. The van der Waals surface area contributed by atoms with Crippen molar-refractivity contribution in [3.05, 3.63) is 65.9 Å². The number of aromatic nitrogens is 2. The Morgan fingerprint density at radius 2 is 1.61 bits per heavy atom. The van der Waals surface area contributed by atoms with Crippen LogP contribution in [-0.4, -0.2) is 17.5 Å². The van der Waals surface area contributed by atoms with Gasteiger partial charge in [0, 0.05) is 27.7 Å². The summed E-state index contributed by atoms with van der Waals surface area (Å²) < 4.78 is 2.55. The zero-order valence-electron chi connectivity index (χ0n) is 20.8. The van der Waals surface area contributed by atoms with Crippen LogP contribution in [0.25, 0.3) is 49.0 Å². The fraction of sp³-hybridized carbons (Fsp3) is 0.300. The van der Waals surface area contributed by atoms with E-state index in [1.807, 2.05) is 6.20 Å². The van der Waals surface area contributed by atoms with Crippen molar-refractivity contribution in [2.45, 2.75) is 53.8 Å². The Morgan fingerprint density at radius 3 is 2.33 bits per heavy atom. The van der Waals surface area contributed by atoms with Gasteiger partial charge in [-0.25, -0.2) is 0 Å². The molecule has 0 aliphatic heterocycles. The first kappa shape index (κ1) is 20.7. The number of aryl methyl sites for hydroxylation is 1. The monoisotopic (exact) mass is 448 g/mol. The second-order valence-corrected chi connectivity index (χ2v) is 17.2. The predicted octanol–water partition coefficient (Wildman–Crippen LogP) is 7.83. The highest BCUT2D eigenvalue weighted by Gasteiger charge is 2.23. The van der Waals surface area contributed by atoms with Crippen molar-refractivity contribution in [2.75, 3.05) is 0 Å². The molecule has 2 nitrogen and oxygen atoms in total. The number of hydrogen-bond donors (Lipinski definition) is 0. The van der Waals surface area contributed by atoms with Crippen LogP contribution in [-0.2, 0) is 6.42 Å². The molecule has 3 aromatic carbocycles. The van der Waals surface area contributed by atoms with Gasteiger partial charge in [0.25, 0.3) is 0 Å². The summed E-state index contributed by atoms with van der Waals surface area (Å²) in [5.74, 6) is 0. The molecule has 6 aromatic rings. The third-order valence-electron chi connectivity index (χ3n) is 7.01. The molecule has 0 amide bonds. The molecular formula is C30H32N2Si. The van der Waals surface area contributed by atoms with E-state index in [1.165, 1.54) is 59.8 Å². The van der Waals surface area contributed by atoms with Gasteiger partial charge in [-0.2, -0.15) is 0 Å². The molecule has 0 bridgehead atoms. The summed E-state index contributed by atoms with van der Waals surface area (Å²) in [6.07, 6.45) is 3.06. The van der Waals surface area contributed by atoms with Crippen LogP contribution >= 0.6 is 0 Å². The summed E-state index contributed by atoms with van der Waals surface area (Å²) in [4.78, 5) is 4.93. The highest BCUT2D eigenvalue weighted by Crippen LogP contribution is 2.40. The zero-order valence-corrected chi connectivity index (χ0v) is 21.8. The van der Waals surface area contributed by atoms with E-state index in [0.29, 0.717) is 0 Å². The van der Waals surface area contributed by atoms with Crippen molar-refractivity contribution in [2.24, 2.45) is 5.41 Å². The van der Waals surface area contributed by atoms with Crippen LogP contribution in [0.15, 0.2) is 54.7 Å². The molecule has 6 rings (SSSR count). The first-order valence-corrected chi connectivity index (χ1v) is 15.5. The van der Waals surface area contributed by atoms with Crippen molar-refractivity contribution in [1.29, 1.82) is 0 Å². The van der Waals surface area contributed by atoms with Gasteiger partial charge in [0.05, 0.1) is 30.1 Å². The molecule has 3 heteroatoms. The maximum Gasteiger partial charge on any atom is 0.0822 e. The lowest BCUT2D eigenvalue weighted by atomic mass is 9.88. The molecule has 166 valence electrons. The van der Waals surface area contributed by atoms with E-state index in [1.54, 1.807) is 0 Å². The van der Waals surface area contributed by atoms with Crippen LogP contribution in [0.5, 0.6) is 0 Å². The lowest BCUT2D eigenvalue weighted by Crippen LogP contribution is -2.37. The van der Waals surface area contributed by atoms with Gasteiger partial charge >= 0.3 is 0 Å². The Labute approximate surface area is 196 Å². The van der Waals surface area contributed by atoms with E-state index in [4.69, 9.17) is 4.98 Å². The van der Waals surface area contributed by atoms with E-state index in [-0.39, 0.29) is 5.41 Å². The van der Waals surface area contributed by atoms with E-state index in [9.17, 15) is 0 Å². The SMILES string of the molecule is Cc1cc2c3ccc(CC(C)(C)C)cc3n3c4cc([Si](C)(C)C)cc5ccnc(c(c1)c23)c54. The topological polar surface area (TPSA) is 17.3 Å². The first-order chi connectivity index (χ1) is 15.5. The second kappa shape index (κ2) is 6.57. The van der Waals surface area contributed by atoms with Gasteiger partial charge in [0.1, 0.15) is 0 Å². The highest BCUT2D eigenvalue weighted by atomic mass is 28.3. The fourth-order valence-corrected chi connectivity index (χ4v) is 6.76. The lowest BCUT2D eigenvalue weighted by Gasteiger charge is -2.20. The molecule has 0 unspecified atom stereocenters. The molecule has 0 atom stereocenters. The van der Waals surface area contributed by atoms with E-state index < -0.39 is 8.07 Å². The van der Waals surface area contributed by atoms with Crippen LogP contribution in [0, 0.1) is 12.3 Å². The van der Waals surface area contributed by atoms with Crippen molar-refractivity contribution in [1.82, 2.24) is 9.38 Å². The maximum atomic E-state index is 4.93. The lowest BCUT2D eigenvalue weighted by molar-refractivity contribution is 0.411. The van der Waals surface area contributed by atoms with Crippen molar-refractivity contribution < 1.29 is 0 Å². The molecule has 0 fully saturated rings. The molecule has 0 saturated carbocycles. The van der Waals surface area contributed by atoms with Gasteiger partial charge in [0.15, 0.2) is 0 Å². The molecule has 0 radical (unpaired) electrons. The fourth-order valence-electron chi connectivity index (χ4n) is 5.60. The van der Waals surface area contributed by atoms with E-state index >= 15 is 0 Å². The minimum atomic E-state index is -1.50. The molecule has 0 saturated heterocycles. The number of benzene rings is 3. The Balaban J connectivity index is 1.90. The smallest absolute Gasteiger partial charge is 0.0822 e. The second-order valence-electron chi connectivity index (χ2n) is 12.1. The van der Waals surface area contributed by atoms with Crippen LogP contribution in [0.3, 0.4) is 0 Å². The maximum absolute atomic E-state index is 4.93. The predicted molar refractivity (Wildman–Crippen MR) is 147 cm³/mol. The summed E-state index contributed by atoms with van der Waals surface area (Å²) >= 11 is 0. The standard InChI is InChI=1S/C30H32N2Si/c1-18-12-23-22-9-8-19(17-30(2,3)4)14-25(22)32-26-16-21(33(5,6)7)15-20-10-11-31-28(27(20)26)24(13-18)29(23)32/h8-16H,17H2,1-7H3. The number of pyridine rings is 2. The van der Waals surface area contributed by atoms with Crippen molar-refractivity contribution in [3.8, 4) is 0 Å². The van der Waals surface area contributed by atoms with Crippen LogP contribution in [0.2, 0.25) is 19.6 Å². The summed E-state index contributed by atoms with van der Waals surface area (Å²) in [5.41, 5.74) is 8.01.